The number of hydrogen-bond donors (Lipinski definition) is 1. The highest BCUT2D eigenvalue weighted by atomic mass is 16.5. The lowest BCUT2D eigenvalue weighted by Gasteiger charge is -2.12. The van der Waals surface area contributed by atoms with Crippen molar-refractivity contribution < 1.29 is 28.7 Å². The molecule has 0 aliphatic carbocycles. The largest absolute Gasteiger partial charge is 0.469 e. The first-order chi connectivity index (χ1) is 7.92. The van der Waals surface area contributed by atoms with E-state index in [1.807, 2.05) is 5.32 Å². The van der Waals surface area contributed by atoms with Crippen molar-refractivity contribution in [2.45, 2.75) is 19.8 Å². The van der Waals surface area contributed by atoms with Crippen molar-refractivity contribution in [3.8, 4) is 0 Å². The van der Waals surface area contributed by atoms with E-state index in [-0.39, 0.29) is 12.8 Å². The van der Waals surface area contributed by atoms with Gasteiger partial charge in [0, 0.05) is 13.3 Å². The fourth-order valence-corrected chi connectivity index (χ4v) is 1.12. The van der Waals surface area contributed by atoms with Gasteiger partial charge in [-0.05, 0) is 6.42 Å². The highest BCUT2D eigenvalue weighted by Crippen LogP contribution is 2.09. The second-order valence-corrected chi connectivity index (χ2v) is 3.24. The topological polar surface area (TPSA) is 98.8 Å². The van der Waals surface area contributed by atoms with Gasteiger partial charge in [-0.1, -0.05) is 0 Å². The molecule has 0 rings (SSSR count). The zero-order valence-electron chi connectivity index (χ0n) is 9.94. The summed E-state index contributed by atoms with van der Waals surface area (Å²) >= 11 is 0. The molecule has 1 atom stereocenters. The molecule has 0 saturated heterocycles. The van der Waals surface area contributed by atoms with Crippen LogP contribution in [0.15, 0.2) is 0 Å². The Labute approximate surface area is 98.4 Å². The summed E-state index contributed by atoms with van der Waals surface area (Å²) in [6.07, 6.45) is -0.181. The Balaban J connectivity index is 4.53. The third kappa shape index (κ3) is 5.64. The maximum atomic E-state index is 11.5. The summed E-state index contributed by atoms with van der Waals surface area (Å²) in [5.41, 5.74) is 0. The van der Waals surface area contributed by atoms with Crippen LogP contribution in [0, 0.1) is 5.92 Å². The van der Waals surface area contributed by atoms with Gasteiger partial charge in [-0.3, -0.25) is 24.5 Å². The Bertz CT molecular complexity index is 325. The van der Waals surface area contributed by atoms with E-state index in [0.29, 0.717) is 0 Å². The van der Waals surface area contributed by atoms with Crippen LogP contribution in [0.25, 0.3) is 0 Å². The average Bonchev–Trinajstić information content (AvgIpc) is 2.27. The van der Waals surface area contributed by atoms with Crippen molar-refractivity contribution in [3.05, 3.63) is 0 Å². The summed E-state index contributed by atoms with van der Waals surface area (Å²) < 4.78 is 8.80. The van der Waals surface area contributed by atoms with Gasteiger partial charge in [-0.15, -0.1) is 0 Å². The number of ether oxygens (including phenoxy) is 2. The molecule has 0 aromatic rings. The van der Waals surface area contributed by atoms with Crippen molar-refractivity contribution in [2.24, 2.45) is 5.92 Å². The van der Waals surface area contributed by atoms with Crippen LogP contribution < -0.4 is 5.32 Å². The lowest BCUT2D eigenvalue weighted by molar-refractivity contribution is -0.151. The number of amides is 2. The van der Waals surface area contributed by atoms with E-state index in [0.717, 1.165) is 14.0 Å². The third-order valence-corrected chi connectivity index (χ3v) is 1.97. The Hall–Kier alpha value is -1.92. The molecular weight excluding hydrogens is 230 g/mol. The molecule has 0 radical (unpaired) electrons. The quantitative estimate of drug-likeness (QED) is 0.512. The predicted molar refractivity (Wildman–Crippen MR) is 55.6 cm³/mol. The number of imide groups is 1. The van der Waals surface area contributed by atoms with Crippen molar-refractivity contribution in [1.82, 2.24) is 5.32 Å². The van der Waals surface area contributed by atoms with Gasteiger partial charge in [0.2, 0.25) is 11.8 Å². The van der Waals surface area contributed by atoms with Crippen LogP contribution in [-0.4, -0.2) is 38.0 Å². The van der Waals surface area contributed by atoms with Crippen LogP contribution in [0.3, 0.4) is 0 Å². The van der Waals surface area contributed by atoms with E-state index in [2.05, 4.69) is 9.47 Å². The van der Waals surface area contributed by atoms with Crippen LogP contribution in [0.1, 0.15) is 19.8 Å². The minimum Gasteiger partial charge on any atom is -0.469 e. The molecular formula is C10H15NO6. The third-order valence-electron chi connectivity index (χ3n) is 1.97. The minimum atomic E-state index is -1.19. The number of nitrogens with one attached hydrogen (secondary N) is 1. The first kappa shape index (κ1) is 15.1. The smallest absolute Gasteiger partial charge is 0.318 e. The second kappa shape index (κ2) is 7.37. The Morgan fingerprint density at radius 1 is 1.12 bits per heavy atom. The fraction of sp³-hybridized carbons (Fsp3) is 0.600. The maximum Gasteiger partial charge on any atom is 0.318 e. The van der Waals surface area contributed by atoms with Crippen LogP contribution >= 0.6 is 0 Å². The Morgan fingerprint density at radius 2 is 1.71 bits per heavy atom. The summed E-state index contributed by atoms with van der Waals surface area (Å²) in [5, 5.41) is 1.97. The molecule has 0 spiro atoms. The summed E-state index contributed by atoms with van der Waals surface area (Å²) in [5.74, 6) is -3.90. The van der Waals surface area contributed by atoms with Crippen LogP contribution in [0.2, 0.25) is 0 Å². The number of esters is 2. The van der Waals surface area contributed by atoms with E-state index >= 15 is 0 Å². The summed E-state index contributed by atoms with van der Waals surface area (Å²) in [6, 6.07) is 0. The number of carbonyl (C=O) groups is 4. The molecule has 0 bridgehead atoms. The lowest BCUT2D eigenvalue weighted by Crippen LogP contribution is -2.38. The maximum absolute atomic E-state index is 11.5. The van der Waals surface area contributed by atoms with Crippen LogP contribution in [0.4, 0.5) is 0 Å². The summed E-state index contributed by atoms with van der Waals surface area (Å²) in [6.45, 7) is 1.15. The predicted octanol–water partition coefficient (Wildman–Crippen LogP) is -0.608. The first-order valence-corrected chi connectivity index (χ1v) is 4.88. The van der Waals surface area contributed by atoms with E-state index in [4.69, 9.17) is 0 Å². The van der Waals surface area contributed by atoms with Gasteiger partial charge in [0.25, 0.3) is 0 Å². The molecule has 0 saturated carbocycles. The molecule has 0 fully saturated rings. The minimum absolute atomic E-state index is 0.0710. The van der Waals surface area contributed by atoms with Crippen molar-refractivity contribution in [2.75, 3.05) is 14.2 Å². The molecule has 96 valence electrons. The highest BCUT2D eigenvalue weighted by Gasteiger charge is 2.28. The molecule has 0 aromatic heterocycles. The first-order valence-electron chi connectivity index (χ1n) is 4.88. The van der Waals surface area contributed by atoms with Crippen molar-refractivity contribution in [1.29, 1.82) is 0 Å². The molecule has 7 heteroatoms. The molecule has 17 heavy (non-hydrogen) atoms. The zero-order valence-corrected chi connectivity index (χ0v) is 9.94. The van der Waals surface area contributed by atoms with Crippen molar-refractivity contribution >= 4 is 23.8 Å². The van der Waals surface area contributed by atoms with Crippen LogP contribution in [-0.2, 0) is 28.7 Å². The average molecular weight is 245 g/mol. The molecule has 0 aliphatic heterocycles. The second-order valence-electron chi connectivity index (χ2n) is 3.24. The van der Waals surface area contributed by atoms with Gasteiger partial charge in [0.05, 0.1) is 14.2 Å². The standard InChI is InChI=1S/C10H15NO6/c1-6(12)11-9(14)7(10(15)17-3)4-5-8(13)16-2/h7H,4-5H2,1-3H3,(H,11,12,14). The van der Waals surface area contributed by atoms with Gasteiger partial charge in [-0.25, -0.2) is 0 Å². The SMILES string of the molecule is COC(=O)CCC(C(=O)NC(C)=O)C(=O)OC. The van der Waals surface area contributed by atoms with Gasteiger partial charge >= 0.3 is 11.9 Å². The monoisotopic (exact) mass is 245 g/mol. The molecule has 0 aromatic carbocycles. The Morgan fingerprint density at radius 3 is 2.12 bits per heavy atom. The Kier molecular flexibility index (Phi) is 6.54. The number of methoxy groups -OCH3 is 2. The summed E-state index contributed by atoms with van der Waals surface area (Å²) in [7, 11) is 2.32. The highest BCUT2D eigenvalue weighted by molar-refractivity contribution is 6.04. The van der Waals surface area contributed by atoms with Gasteiger partial charge in [0.1, 0.15) is 5.92 Å². The van der Waals surface area contributed by atoms with Crippen molar-refractivity contribution in [3.63, 3.8) is 0 Å². The molecule has 7 nitrogen and oxygen atoms in total. The van der Waals surface area contributed by atoms with Gasteiger partial charge in [0.15, 0.2) is 0 Å². The molecule has 2 amide bonds. The van der Waals surface area contributed by atoms with Gasteiger partial charge < -0.3 is 9.47 Å². The fourth-order valence-electron chi connectivity index (χ4n) is 1.12. The number of carbonyl (C=O) groups excluding carboxylic acids is 4. The molecule has 0 heterocycles. The number of hydrogen-bond acceptors (Lipinski definition) is 6. The normalized spacial score (nSPS) is 11.2. The number of rotatable bonds is 5. The molecule has 0 aliphatic rings. The lowest BCUT2D eigenvalue weighted by atomic mass is 10.0. The van der Waals surface area contributed by atoms with Gasteiger partial charge in [-0.2, -0.15) is 0 Å². The van der Waals surface area contributed by atoms with E-state index in [1.165, 1.54) is 7.11 Å². The van der Waals surface area contributed by atoms with Crippen LogP contribution in [0.5, 0.6) is 0 Å². The van der Waals surface area contributed by atoms with E-state index < -0.39 is 29.7 Å². The van der Waals surface area contributed by atoms with E-state index in [9.17, 15) is 19.2 Å². The van der Waals surface area contributed by atoms with E-state index in [1.54, 1.807) is 0 Å². The molecule has 1 unspecified atom stereocenters. The zero-order chi connectivity index (χ0) is 13.4. The summed E-state index contributed by atoms with van der Waals surface area (Å²) in [4.78, 5) is 44.3. The molecule has 1 N–H and O–H groups in total.